The Kier molecular flexibility index (Phi) is 6.86. The smallest absolute Gasteiger partial charge is 0.237 e. The van der Waals surface area contributed by atoms with Crippen LogP contribution >= 0.6 is 11.3 Å². The number of rotatable bonds is 7. The van der Waals surface area contributed by atoms with Gasteiger partial charge in [-0.1, -0.05) is 19.9 Å². The van der Waals surface area contributed by atoms with Crippen LogP contribution in [0, 0.1) is 5.92 Å². The summed E-state index contributed by atoms with van der Waals surface area (Å²) in [6.45, 7) is 12.6. The summed E-state index contributed by atoms with van der Waals surface area (Å²) in [5, 5.41) is 5.15. The zero-order valence-electron chi connectivity index (χ0n) is 14.0. The van der Waals surface area contributed by atoms with E-state index in [1.165, 1.54) is 4.88 Å². The molecule has 124 valence electrons. The summed E-state index contributed by atoms with van der Waals surface area (Å²) in [5.41, 5.74) is 0. The molecule has 0 spiro atoms. The van der Waals surface area contributed by atoms with Gasteiger partial charge in [-0.05, 0) is 30.7 Å². The number of carbonyl (C=O) groups is 1. The molecule has 2 heterocycles. The highest BCUT2D eigenvalue weighted by atomic mass is 32.1. The van der Waals surface area contributed by atoms with Crippen molar-refractivity contribution in [2.45, 2.75) is 33.2 Å². The minimum absolute atomic E-state index is 0.0236. The second-order valence-electron chi connectivity index (χ2n) is 6.53. The molecule has 2 rings (SSSR count). The molecule has 0 aliphatic carbocycles. The summed E-state index contributed by atoms with van der Waals surface area (Å²) in [5.74, 6) is 0.874. The predicted molar refractivity (Wildman–Crippen MR) is 93.3 cm³/mol. The number of thiophene rings is 1. The van der Waals surface area contributed by atoms with Crippen molar-refractivity contribution in [1.29, 1.82) is 0 Å². The number of carbonyl (C=O) groups excluding carboxylic acids is 1. The molecule has 1 saturated heterocycles. The Hall–Kier alpha value is -0.910. The van der Waals surface area contributed by atoms with E-state index in [0.29, 0.717) is 5.92 Å². The van der Waals surface area contributed by atoms with E-state index in [0.717, 1.165) is 45.7 Å². The molecule has 22 heavy (non-hydrogen) atoms. The van der Waals surface area contributed by atoms with E-state index in [1.54, 1.807) is 11.3 Å². The molecule has 1 unspecified atom stereocenters. The van der Waals surface area contributed by atoms with Gasteiger partial charge in [-0.3, -0.25) is 9.69 Å². The SMILES string of the molecule is CC(C)CN1CCN(C(C)C(=O)NCCc2cccs2)CC1. The molecule has 1 aliphatic rings. The molecule has 1 fully saturated rings. The van der Waals surface area contributed by atoms with E-state index in [-0.39, 0.29) is 11.9 Å². The molecule has 4 nitrogen and oxygen atoms in total. The van der Waals surface area contributed by atoms with Crippen molar-refractivity contribution in [2.75, 3.05) is 39.3 Å². The summed E-state index contributed by atoms with van der Waals surface area (Å²) in [4.78, 5) is 18.4. The molecule has 0 radical (unpaired) electrons. The third kappa shape index (κ3) is 5.38. The Bertz CT molecular complexity index is 439. The number of hydrogen-bond donors (Lipinski definition) is 1. The standard InChI is InChI=1S/C17H29N3OS/c1-14(2)13-19-8-10-20(11-9-19)15(3)17(21)18-7-6-16-5-4-12-22-16/h4-5,12,14-15H,6-11,13H2,1-3H3,(H,18,21). The van der Waals surface area contributed by atoms with E-state index >= 15 is 0 Å². The summed E-state index contributed by atoms with van der Waals surface area (Å²) in [7, 11) is 0. The zero-order valence-corrected chi connectivity index (χ0v) is 14.9. The Morgan fingerprint density at radius 1 is 1.27 bits per heavy atom. The molecule has 1 N–H and O–H groups in total. The number of nitrogens with zero attached hydrogens (tertiary/aromatic N) is 2. The molecule has 1 aromatic rings. The summed E-state index contributed by atoms with van der Waals surface area (Å²) >= 11 is 1.75. The lowest BCUT2D eigenvalue weighted by molar-refractivity contribution is -0.126. The van der Waals surface area contributed by atoms with Crippen LogP contribution in [0.2, 0.25) is 0 Å². The van der Waals surface area contributed by atoms with Crippen molar-refractivity contribution >= 4 is 17.2 Å². The summed E-state index contributed by atoms with van der Waals surface area (Å²) < 4.78 is 0. The van der Waals surface area contributed by atoms with E-state index in [2.05, 4.69) is 46.5 Å². The number of nitrogens with one attached hydrogen (secondary N) is 1. The van der Waals surface area contributed by atoms with Gasteiger partial charge >= 0.3 is 0 Å². The van der Waals surface area contributed by atoms with Gasteiger partial charge in [0.2, 0.25) is 5.91 Å². The van der Waals surface area contributed by atoms with E-state index in [9.17, 15) is 4.79 Å². The maximum atomic E-state index is 12.3. The van der Waals surface area contributed by atoms with Gasteiger partial charge < -0.3 is 10.2 Å². The minimum atomic E-state index is -0.0236. The first kappa shape index (κ1) is 17.4. The Balaban J connectivity index is 1.67. The van der Waals surface area contributed by atoms with Crippen LogP contribution in [0.15, 0.2) is 17.5 Å². The Morgan fingerprint density at radius 3 is 2.59 bits per heavy atom. The van der Waals surface area contributed by atoms with Crippen molar-refractivity contribution in [3.05, 3.63) is 22.4 Å². The number of piperazine rings is 1. The van der Waals surface area contributed by atoms with E-state index in [1.807, 2.05) is 6.92 Å². The fourth-order valence-electron chi connectivity index (χ4n) is 2.93. The molecule has 1 aromatic heterocycles. The molecule has 5 heteroatoms. The van der Waals surface area contributed by atoms with Gasteiger partial charge in [-0.2, -0.15) is 0 Å². The third-order valence-electron chi connectivity index (χ3n) is 4.21. The van der Waals surface area contributed by atoms with Gasteiger partial charge in [-0.15, -0.1) is 11.3 Å². The first-order chi connectivity index (χ1) is 10.6. The van der Waals surface area contributed by atoms with Crippen LogP contribution in [0.4, 0.5) is 0 Å². The van der Waals surface area contributed by atoms with Crippen LogP contribution in [0.5, 0.6) is 0 Å². The maximum Gasteiger partial charge on any atom is 0.237 e. The predicted octanol–water partition coefficient (Wildman–Crippen LogP) is 2.07. The number of hydrogen-bond acceptors (Lipinski definition) is 4. The molecule has 0 aromatic carbocycles. The highest BCUT2D eigenvalue weighted by Crippen LogP contribution is 2.10. The van der Waals surface area contributed by atoms with Crippen molar-refractivity contribution in [3.8, 4) is 0 Å². The van der Waals surface area contributed by atoms with Crippen molar-refractivity contribution in [2.24, 2.45) is 5.92 Å². The molecule has 1 amide bonds. The minimum Gasteiger partial charge on any atom is -0.354 e. The Labute approximate surface area is 138 Å². The molecule has 0 saturated carbocycles. The van der Waals surface area contributed by atoms with Crippen LogP contribution in [0.25, 0.3) is 0 Å². The molecule has 1 atom stereocenters. The van der Waals surface area contributed by atoms with Gasteiger partial charge in [0, 0.05) is 44.1 Å². The van der Waals surface area contributed by atoms with Gasteiger partial charge in [0.05, 0.1) is 6.04 Å². The van der Waals surface area contributed by atoms with Gasteiger partial charge in [0.25, 0.3) is 0 Å². The van der Waals surface area contributed by atoms with Gasteiger partial charge in [-0.25, -0.2) is 0 Å². The van der Waals surface area contributed by atoms with E-state index in [4.69, 9.17) is 0 Å². The lowest BCUT2D eigenvalue weighted by Crippen LogP contribution is -2.54. The van der Waals surface area contributed by atoms with Crippen LogP contribution in [0.1, 0.15) is 25.6 Å². The molecular weight excluding hydrogens is 294 g/mol. The second-order valence-corrected chi connectivity index (χ2v) is 7.56. The third-order valence-corrected chi connectivity index (χ3v) is 5.14. The van der Waals surface area contributed by atoms with Crippen molar-refractivity contribution < 1.29 is 4.79 Å². The van der Waals surface area contributed by atoms with Crippen molar-refractivity contribution in [3.63, 3.8) is 0 Å². The summed E-state index contributed by atoms with van der Waals surface area (Å²) in [6, 6.07) is 4.15. The maximum absolute atomic E-state index is 12.3. The average molecular weight is 324 g/mol. The number of amides is 1. The van der Waals surface area contributed by atoms with E-state index < -0.39 is 0 Å². The molecular formula is C17H29N3OS. The van der Waals surface area contributed by atoms with Gasteiger partial charge in [0.15, 0.2) is 0 Å². The second kappa shape index (κ2) is 8.65. The Morgan fingerprint density at radius 2 is 2.00 bits per heavy atom. The van der Waals surface area contributed by atoms with Crippen LogP contribution in [-0.4, -0.2) is 61.0 Å². The lowest BCUT2D eigenvalue weighted by atomic mass is 10.1. The van der Waals surface area contributed by atoms with Crippen molar-refractivity contribution in [1.82, 2.24) is 15.1 Å². The first-order valence-electron chi connectivity index (χ1n) is 8.32. The van der Waals surface area contributed by atoms with Gasteiger partial charge in [0.1, 0.15) is 0 Å². The highest BCUT2D eigenvalue weighted by Gasteiger charge is 2.25. The first-order valence-corrected chi connectivity index (χ1v) is 9.20. The highest BCUT2D eigenvalue weighted by molar-refractivity contribution is 7.09. The fraction of sp³-hybridized carbons (Fsp3) is 0.706. The normalized spacial score (nSPS) is 18.5. The topological polar surface area (TPSA) is 35.6 Å². The van der Waals surface area contributed by atoms with Crippen LogP contribution < -0.4 is 5.32 Å². The average Bonchev–Trinajstić information content (AvgIpc) is 3.00. The quantitative estimate of drug-likeness (QED) is 0.834. The fourth-order valence-corrected chi connectivity index (χ4v) is 3.64. The lowest BCUT2D eigenvalue weighted by Gasteiger charge is -2.38. The monoisotopic (exact) mass is 323 g/mol. The molecule has 0 bridgehead atoms. The zero-order chi connectivity index (χ0) is 15.9. The molecule has 1 aliphatic heterocycles. The van der Waals surface area contributed by atoms with Crippen LogP contribution in [-0.2, 0) is 11.2 Å². The largest absolute Gasteiger partial charge is 0.354 e. The summed E-state index contributed by atoms with van der Waals surface area (Å²) in [6.07, 6.45) is 0.929. The van der Waals surface area contributed by atoms with Crippen LogP contribution in [0.3, 0.4) is 0 Å².